The Morgan fingerprint density at radius 3 is 2.37 bits per heavy atom. The Bertz CT molecular complexity index is 1610. The number of benzene rings is 2. The molecule has 4 rings (SSSR count). The third kappa shape index (κ3) is 9.66. The van der Waals surface area contributed by atoms with Gasteiger partial charge in [0.1, 0.15) is 23.4 Å². The first-order valence-corrected chi connectivity index (χ1v) is 17.5. The molecular formula is C33H43F2N5O5S. The standard InChI is InChI=1S/C33H43F2N5O5S/c1-4-6-12-46(44,45)20-29(38-31(42)28-13-21(3)39-40-28)32(43)37-27(17-23-15-25(34)18-26(35)16-23)30(41)19-36-33(10-11-33)24-9-7-8-22(5-2)14-24/h7-9,13-16,18,27,29-30,36,41H,4-6,10-12,17,19-20H2,1-3H3,(H,37,43)(H,38,42)(H,39,40)/t27-,29+,30+/m0/s1. The van der Waals surface area contributed by atoms with Crippen LogP contribution >= 0.6 is 0 Å². The largest absolute Gasteiger partial charge is 0.390 e. The van der Waals surface area contributed by atoms with E-state index in [9.17, 15) is 31.9 Å². The molecule has 1 fully saturated rings. The van der Waals surface area contributed by atoms with Crippen molar-refractivity contribution in [1.29, 1.82) is 0 Å². The molecule has 1 aromatic heterocycles. The van der Waals surface area contributed by atoms with Gasteiger partial charge in [0, 0.05) is 23.8 Å². The topological polar surface area (TPSA) is 153 Å². The summed E-state index contributed by atoms with van der Waals surface area (Å²) in [6.45, 7) is 5.62. The number of sulfone groups is 1. The summed E-state index contributed by atoms with van der Waals surface area (Å²) in [6, 6.07) is 9.95. The number of unbranched alkanes of at least 4 members (excludes halogenated alkanes) is 1. The predicted molar refractivity (Wildman–Crippen MR) is 171 cm³/mol. The lowest BCUT2D eigenvalue weighted by molar-refractivity contribution is -0.124. The molecule has 1 aliphatic carbocycles. The van der Waals surface area contributed by atoms with Gasteiger partial charge in [0.2, 0.25) is 5.91 Å². The monoisotopic (exact) mass is 659 g/mol. The molecule has 3 atom stereocenters. The summed E-state index contributed by atoms with van der Waals surface area (Å²) in [5.41, 5.74) is 2.66. The van der Waals surface area contributed by atoms with Crippen molar-refractivity contribution in [3.63, 3.8) is 0 Å². The van der Waals surface area contributed by atoms with Gasteiger partial charge in [-0.25, -0.2) is 17.2 Å². The Balaban J connectivity index is 1.56. The Morgan fingerprint density at radius 1 is 1.04 bits per heavy atom. The Kier molecular flexibility index (Phi) is 11.7. The summed E-state index contributed by atoms with van der Waals surface area (Å²) in [5, 5.41) is 26.5. The van der Waals surface area contributed by atoms with E-state index >= 15 is 0 Å². The number of amides is 2. The molecule has 0 spiro atoms. The van der Waals surface area contributed by atoms with Gasteiger partial charge in [-0.15, -0.1) is 0 Å². The van der Waals surface area contributed by atoms with E-state index in [2.05, 4.69) is 39.1 Å². The number of aromatic amines is 1. The second kappa shape index (κ2) is 15.3. The second-order valence-electron chi connectivity index (χ2n) is 12.1. The number of hydrogen-bond acceptors (Lipinski definition) is 7. The lowest BCUT2D eigenvalue weighted by Crippen LogP contribution is -2.57. The van der Waals surface area contributed by atoms with Gasteiger partial charge >= 0.3 is 0 Å². The zero-order chi connectivity index (χ0) is 33.5. The second-order valence-corrected chi connectivity index (χ2v) is 14.3. The van der Waals surface area contributed by atoms with Gasteiger partial charge in [0.15, 0.2) is 9.84 Å². The molecule has 0 saturated heterocycles. The van der Waals surface area contributed by atoms with Gasteiger partial charge in [-0.05, 0) is 73.9 Å². The summed E-state index contributed by atoms with van der Waals surface area (Å²) in [6.07, 6.45) is 2.14. The van der Waals surface area contributed by atoms with Crippen LogP contribution in [0.4, 0.5) is 8.78 Å². The molecule has 5 N–H and O–H groups in total. The van der Waals surface area contributed by atoms with E-state index in [-0.39, 0.29) is 35.5 Å². The van der Waals surface area contributed by atoms with E-state index < -0.39 is 57.2 Å². The first-order chi connectivity index (χ1) is 21.8. The molecule has 0 aliphatic heterocycles. The van der Waals surface area contributed by atoms with E-state index in [1.165, 1.54) is 11.6 Å². The highest BCUT2D eigenvalue weighted by atomic mass is 32.2. The average molecular weight is 660 g/mol. The van der Waals surface area contributed by atoms with Crippen LogP contribution < -0.4 is 16.0 Å². The highest BCUT2D eigenvalue weighted by Crippen LogP contribution is 2.45. The first kappa shape index (κ1) is 35.2. The van der Waals surface area contributed by atoms with Crippen molar-refractivity contribution in [2.75, 3.05) is 18.1 Å². The van der Waals surface area contributed by atoms with Crippen LogP contribution in [0.25, 0.3) is 0 Å². The van der Waals surface area contributed by atoms with E-state index in [0.717, 1.165) is 43.0 Å². The maximum Gasteiger partial charge on any atom is 0.272 e. The Labute approximate surface area is 268 Å². The summed E-state index contributed by atoms with van der Waals surface area (Å²) in [4.78, 5) is 26.7. The minimum atomic E-state index is -3.77. The lowest BCUT2D eigenvalue weighted by Gasteiger charge is -2.29. The number of nitrogens with one attached hydrogen (secondary N) is 4. The van der Waals surface area contributed by atoms with Crippen molar-refractivity contribution >= 4 is 21.7 Å². The van der Waals surface area contributed by atoms with E-state index in [1.54, 1.807) is 6.92 Å². The number of aryl methyl sites for hydroxylation is 2. The SMILES string of the molecule is CCCCS(=O)(=O)C[C@@H](NC(=O)c1cc(C)[nH]n1)C(=O)N[C@@H](Cc1cc(F)cc(F)c1)[C@H](O)CNC1(c2cccc(CC)c2)CC1. The smallest absolute Gasteiger partial charge is 0.272 e. The maximum absolute atomic E-state index is 14.1. The molecule has 0 unspecified atom stereocenters. The first-order valence-electron chi connectivity index (χ1n) is 15.6. The Morgan fingerprint density at radius 2 is 1.76 bits per heavy atom. The van der Waals surface area contributed by atoms with Gasteiger partial charge in [0.25, 0.3) is 5.91 Å². The average Bonchev–Trinajstić information content (AvgIpc) is 3.68. The number of carbonyl (C=O) groups is 2. The summed E-state index contributed by atoms with van der Waals surface area (Å²) in [7, 11) is -3.77. The maximum atomic E-state index is 14.1. The number of aromatic nitrogens is 2. The predicted octanol–water partition coefficient (Wildman–Crippen LogP) is 3.24. The van der Waals surface area contributed by atoms with Crippen LogP contribution in [0.5, 0.6) is 0 Å². The number of rotatable bonds is 17. The van der Waals surface area contributed by atoms with Crippen LogP contribution in [0.3, 0.4) is 0 Å². The highest BCUT2D eigenvalue weighted by Gasteiger charge is 2.44. The third-order valence-corrected chi connectivity index (χ3v) is 10.00. The van der Waals surface area contributed by atoms with Crippen molar-refractivity contribution < 1.29 is 31.9 Å². The fourth-order valence-corrected chi connectivity index (χ4v) is 7.06. The number of aliphatic hydroxyl groups excluding tert-OH is 1. The number of halogens is 2. The molecular weight excluding hydrogens is 616 g/mol. The fourth-order valence-electron chi connectivity index (χ4n) is 5.42. The van der Waals surface area contributed by atoms with E-state index in [4.69, 9.17) is 0 Å². The van der Waals surface area contributed by atoms with Gasteiger partial charge in [-0.1, -0.05) is 44.5 Å². The minimum absolute atomic E-state index is 0.0253. The lowest BCUT2D eigenvalue weighted by atomic mass is 9.98. The molecule has 2 amide bonds. The van der Waals surface area contributed by atoms with Crippen molar-refractivity contribution in [3.05, 3.63) is 88.2 Å². The van der Waals surface area contributed by atoms with Crippen LogP contribution in [0.1, 0.15) is 72.4 Å². The van der Waals surface area contributed by atoms with Gasteiger partial charge < -0.3 is 21.1 Å². The van der Waals surface area contributed by atoms with E-state index in [0.29, 0.717) is 18.5 Å². The Hall–Kier alpha value is -3.68. The van der Waals surface area contributed by atoms with Crippen LogP contribution in [-0.2, 0) is 33.0 Å². The molecule has 46 heavy (non-hydrogen) atoms. The van der Waals surface area contributed by atoms with Crippen LogP contribution in [0.2, 0.25) is 0 Å². The van der Waals surface area contributed by atoms with Crippen LogP contribution in [-0.4, -0.2) is 71.8 Å². The zero-order valence-corrected chi connectivity index (χ0v) is 27.2. The molecule has 10 nitrogen and oxygen atoms in total. The van der Waals surface area contributed by atoms with Crippen molar-refractivity contribution in [3.8, 4) is 0 Å². The molecule has 2 aromatic carbocycles. The van der Waals surface area contributed by atoms with Crippen molar-refractivity contribution in [2.45, 2.75) is 83.0 Å². The molecule has 1 saturated carbocycles. The molecule has 1 heterocycles. The van der Waals surface area contributed by atoms with Gasteiger partial charge in [0.05, 0.1) is 23.7 Å². The van der Waals surface area contributed by atoms with E-state index in [1.807, 2.05) is 25.1 Å². The van der Waals surface area contributed by atoms with Crippen LogP contribution in [0.15, 0.2) is 48.5 Å². The molecule has 3 aromatic rings. The summed E-state index contributed by atoms with van der Waals surface area (Å²) < 4.78 is 54.0. The number of hydrogen-bond donors (Lipinski definition) is 5. The number of H-pyrrole nitrogens is 1. The molecule has 13 heteroatoms. The highest BCUT2D eigenvalue weighted by molar-refractivity contribution is 7.91. The fraction of sp³-hybridized carbons (Fsp3) is 0.485. The molecule has 0 bridgehead atoms. The van der Waals surface area contributed by atoms with Crippen LogP contribution in [0, 0.1) is 18.6 Å². The van der Waals surface area contributed by atoms with Crippen molar-refractivity contribution in [1.82, 2.24) is 26.1 Å². The summed E-state index contributed by atoms with van der Waals surface area (Å²) in [5.74, 6) is -4.11. The molecule has 0 radical (unpaired) electrons. The third-order valence-electron chi connectivity index (χ3n) is 8.25. The normalized spacial score (nSPS) is 16.0. The van der Waals surface area contributed by atoms with Gasteiger partial charge in [-0.3, -0.25) is 14.7 Å². The van der Waals surface area contributed by atoms with Gasteiger partial charge in [-0.2, -0.15) is 5.10 Å². The molecule has 1 aliphatic rings. The number of aliphatic hydroxyl groups is 1. The quantitative estimate of drug-likeness (QED) is 0.149. The summed E-state index contributed by atoms with van der Waals surface area (Å²) >= 11 is 0. The number of nitrogens with zero attached hydrogens (tertiary/aromatic N) is 1. The van der Waals surface area contributed by atoms with Crippen molar-refractivity contribution in [2.24, 2.45) is 0 Å². The molecule has 250 valence electrons. The zero-order valence-electron chi connectivity index (χ0n) is 26.4. The number of carbonyl (C=O) groups excluding carboxylic acids is 2. The minimum Gasteiger partial charge on any atom is -0.390 e.